The molecule has 0 bridgehead atoms. The lowest BCUT2D eigenvalue weighted by atomic mass is 9.85. The molecule has 2 rings (SSSR count). The second kappa shape index (κ2) is 9.86. The van der Waals surface area contributed by atoms with Crippen LogP contribution in [0.4, 0.5) is 0 Å². The molecule has 146 valence electrons. The van der Waals surface area contributed by atoms with Crippen LogP contribution >= 0.6 is 0 Å². The van der Waals surface area contributed by atoms with Crippen LogP contribution < -0.4 is 20.1 Å². The number of ether oxygens (including phenoxy) is 2. The summed E-state index contributed by atoms with van der Waals surface area (Å²) in [6, 6.07) is 16.5. The molecule has 0 atom stereocenters. The summed E-state index contributed by atoms with van der Waals surface area (Å²) in [4.78, 5) is 4.33. The number of hydrogen-bond donors (Lipinski definition) is 2. The van der Waals surface area contributed by atoms with Gasteiger partial charge in [-0.25, -0.2) is 0 Å². The average molecular weight is 370 g/mol. The highest BCUT2D eigenvalue weighted by Crippen LogP contribution is 2.27. The molecule has 27 heavy (non-hydrogen) atoms. The highest BCUT2D eigenvalue weighted by molar-refractivity contribution is 5.79. The van der Waals surface area contributed by atoms with Crippen LogP contribution in [0.5, 0.6) is 11.5 Å². The van der Waals surface area contributed by atoms with Crippen LogP contribution in [0.15, 0.2) is 53.5 Å². The first-order chi connectivity index (χ1) is 13.0. The van der Waals surface area contributed by atoms with E-state index in [9.17, 15) is 0 Å². The van der Waals surface area contributed by atoms with Gasteiger partial charge in [0, 0.05) is 25.6 Å². The fraction of sp³-hybridized carbons (Fsp3) is 0.409. The predicted molar refractivity (Wildman–Crippen MR) is 112 cm³/mol. The number of benzene rings is 2. The molecule has 0 aliphatic heterocycles. The van der Waals surface area contributed by atoms with Crippen molar-refractivity contribution in [3.8, 4) is 11.5 Å². The van der Waals surface area contributed by atoms with Gasteiger partial charge < -0.3 is 20.1 Å². The Morgan fingerprint density at radius 3 is 2.30 bits per heavy atom. The highest BCUT2D eigenvalue weighted by Gasteiger charge is 2.20. The molecule has 0 aliphatic carbocycles. The van der Waals surface area contributed by atoms with Gasteiger partial charge in [-0.3, -0.25) is 4.99 Å². The van der Waals surface area contributed by atoms with Crippen LogP contribution in [-0.2, 0) is 11.8 Å². The Hall–Kier alpha value is -2.69. The maximum Gasteiger partial charge on any atom is 0.191 e. The van der Waals surface area contributed by atoms with Crippen molar-refractivity contribution in [2.75, 3.05) is 34.4 Å². The summed E-state index contributed by atoms with van der Waals surface area (Å²) in [6.07, 6.45) is 0.864. The first-order valence-corrected chi connectivity index (χ1v) is 9.21. The molecule has 0 fully saturated rings. The van der Waals surface area contributed by atoms with Gasteiger partial charge in [-0.15, -0.1) is 0 Å². The molecule has 0 amide bonds. The average Bonchev–Trinajstić information content (AvgIpc) is 2.71. The molecule has 0 heterocycles. The van der Waals surface area contributed by atoms with Crippen molar-refractivity contribution in [1.29, 1.82) is 0 Å². The summed E-state index contributed by atoms with van der Waals surface area (Å²) < 4.78 is 10.6. The Labute approximate surface area is 162 Å². The van der Waals surface area contributed by atoms with Gasteiger partial charge in [0.2, 0.25) is 0 Å². The van der Waals surface area contributed by atoms with E-state index in [4.69, 9.17) is 9.47 Å². The molecule has 0 unspecified atom stereocenters. The molecule has 0 saturated heterocycles. The number of methoxy groups -OCH3 is 2. The fourth-order valence-electron chi connectivity index (χ4n) is 2.88. The zero-order valence-electron chi connectivity index (χ0n) is 17.0. The number of nitrogens with zero attached hydrogens (tertiary/aromatic N) is 1. The third kappa shape index (κ3) is 5.91. The van der Waals surface area contributed by atoms with Crippen molar-refractivity contribution in [2.45, 2.75) is 25.7 Å². The second-order valence-corrected chi connectivity index (χ2v) is 7.04. The number of aliphatic imine (C=N–C) groups is 1. The first-order valence-electron chi connectivity index (χ1n) is 9.21. The SMILES string of the molecule is CN=C(NCCc1ccc(OC)c(OC)c1)NCC(C)(C)c1ccccc1. The van der Waals surface area contributed by atoms with Crippen LogP contribution in [-0.4, -0.2) is 40.3 Å². The van der Waals surface area contributed by atoms with Crippen LogP contribution in [0.3, 0.4) is 0 Å². The molecule has 0 spiro atoms. The normalized spacial score (nSPS) is 11.8. The summed E-state index contributed by atoms with van der Waals surface area (Å²) in [6.45, 7) is 6.03. The molecule has 0 aliphatic rings. The molecular formula is C22H31N3O2. The number of guanidine groups is 1. The van der Waals surface area contributed by atoms with E-state index in [1.807, 2.05) is 18.2 Å². The van der Waals surface area contributed by atoms with E-state index in [0.717, 1.165) is 37.0 Å². The summed E-state index contributed by atoms with van der Waals surface area (Å²) in [7, 11) is 5.09. The maximum absolute atomic E-state index is 5.36. The molecule has 0 radical (unpaired) electrons. The van der Waals surface area contributed by atoms with Gasteiger partial charge in [0.15, 0.2) is 17.5 Å². The minimum absolute atomic E-state index is 0.0161. The minimum Gasteiger partial charge on any atom is -0.493 e. The highest BCUT2D eigenvalue weighted by atomic mass is 16.5. The predicted octanol–water partition coefficient (Wildman–Crippen LogP) is 3.39. The summed E-state index contributed by atoms with van der Waals surface area (Å²) in [5.41, 5.74) is 2.50. The quantitative estimate of drug-likeness (QED) is 0.553. The maximum atomic E-state index is 5.36. The summed E-state index contributed by atoms with van der Waals surface area (Å²) in [5.74, 6) is 2.30. The van der Waals surface area contributed by atoms with E-state index in [-0.39, 0.29) is 5.41 Å². The monoisotopic (exact) mass is 369 g/mol. The van der Waals surface area contributed by atoms with E-state index in [2.05, 4.69) is 59.8 Å². The van der Waals surface area contributed by atoms with E-state index >= 15 is 0 Å². The minimum atomic E-state index is 0.0161. The molecule has 2 aromatic carbocycles. The topological polar surface area (TPSA) is 54.9 Å². The van der Waals surface area contributed by atoms with E-state index in [1.165, 1.54) is 11.1 Å². The molecule has 2 N–H and O–H groups in total. The van der Waals surface area contributed by atoms with Crippen molar-refractivity contribution in [3.05, 3.63) is 59.7 Å². The van der Waals surface area contributed by atoms with E-state index in [0.29, 0.717) is 0 Å². The van der Waals surface area contributed by atoms with Gasteiger partial charge in [0.25, 0.3) is 0 Å². The molecule has 2 aromatic rings. The second-order valence-electron chi connectivity index (χ2n) is 7.04. The van der Waals surface area contributed by atoms with Gasteiger partial charge in [-0.05, 0) is 29.7 Å². The van der Waals surface area contributed by atoms with Crippen LogP contribution in [0, 0.1) is 0 Å². The van der Waals surface area contributed by atoms with Gasteiger partial charge in [0.1, 0.15) is 0 Å². The van der Waals surface area contributed by atoms with Crippen LogP contribution in [0.25, 0.3) is 0 Å². The van der Waals surface area contributed by atoms with Gasteiger partial charge in [-0.1, -0.05) is 50.2 Å². The van der Waals surface area contributed by atoms with Crippen LogP contribution in [0.1, 0.15) is 25.0 Å². The third-order valence-corrected chi connectivity index (χ3v) is 4.63. The lowest BCUT2D eigenvalue weighted by molar-refractivity contribution is 0.354. The van der Waals surface area contributed by atoms with Gasteiger partial charge in [0.05, 0.1) is 14.2 Å². The lowest BCUT2D eigenvalue weighted by Crippen LogP contribution is -2.44. The zero-order chi connectivity index (χ0) is 19.7. The summed E-state index contributed by atoms with van der Waals surface area (Å²) in [5, 5.41) is 6.80. The molecule has 5 nitrogen and oxygen atoms in total. The van der Waals surface area contributed by atoms with Gasteiger partial charge >= 0.3 is 0 Å². The first kappa shape index (κ1) is 20.6. The third-order valence-electron chi connectivity index (χ3n) is 4.63. The molecule has 5 heteroatoms. The van der Waals surface area contributed by atoms with Crippen molar-refractivity contribution >= 4 is 5.96 Å². The van der Waals surface area contributed by atoms with Gasteiger partial charge in [-0.2, -0.15) is 0 Å². The van der Waals surface area contributed by atoms with Crippen molar-refractivity contribution < 1.29 is 9.47 Å². The van der Waals surface area contributed by atoms with Crippen molar-refractivity contribution in [1.82, 2.24) is 10.6 Å². The Morgan fingerprint density at radius 1 is 0.963 bits per heavy atom. The molecule has 0 saturated carbocycles. The van der Waals surface area contributed by atoms with E-state index < -0.39 is 0 Å². The number of hydrogen-bond acceptors (Lipinski definition) is 3. The molecule has 0 aromatic heterocycles. The van der Waals surface area contributed by atoms with Crippen molar-refractivity contribution in [3.63, 3.8) is 0 Å². The Balaban J connectivity index is 1.86. The lowest BCUT2D eigenvalue weighted by Gasteiger charge is -2.26. The zero-order valence-corrected chi connectivity index (χ0v) is 17.0. The Bertz CT molecular complexity index is 742. The Kier molecular flexibility index (Phi) is 7.53. The number of nitrogens with one attached hydrogen (secondary N) is 2. The smallest absolute Gasteiger partial charge is 0.191 e. The largest absolute Gasteiger partial charge is 0.493 e. The summed E-state index contributed by atoms with van der Waals surface area (Å²) >= 11 is 0. The van der Waals surface area contributed by atoms with Crippen molar-refractivity contribution in [2.24, 2.45) is 4.99 Å². The van der Waals surface area contributed by atoms with Crippen LogP contribution in [0.2, 0.25) is 0 Å². The standard InChI is InChI=1S/C22H31N3O2/c1-22(2,18-9-7-6-8-10-18)16-25-21(23-3)24-14-13-17-11-12-19(26-4)20(15-17)27-5/h6-12,15H,13-14,16H2,1-5H3,(H2,23,24,25). The Morgan fingerprint density at radius 2 is 1.67 bits per heavy atom. The fourth-order valence-corrected chi connectivity index (χ4v) is 2.88. The van der Waals surface area contributed by atoms with E-state index in [1.54, 1.807) is 21.3 Å². The molecular weight excluding hydrogens is 338 g/mol. The number of rotatable bonds is 8.